The molecule has 12 heavy (non-hydrogen) atoms. The molecule has 66 valence electrons. The highest BCUT2D eigenvalue weighted by atomic mass is 16.3. The molecule has 1 heterocycles. The zero-order chi connectivity index (χ0) is 8.55. The summed E-state index contributed by atoms with van der Waals surface area (Å²) in [4.78, 5) is 0. The van der Waals surface area contributed by atoms with Crippen LogP contribution in [0.1, 0.15) is 30.8 Å². The van der Waals surface area contributed by atoms with Gasteiger partial charge in [-0.2, -0.15) is 0 Å². The minimum absolute atomic E-state index is 0.704. The highest BCUT2D eigenvalue weighted by Gasteiger charge is 2.36. The predicted molar refractivity (Wildman–Crippen MR) is 48.0 cm³/mol. The second-order valence-corrected chi connectivity index (χ2v) is 3.65. The molecule has 1 aliphatic rings. The van der Waals surface area contributed by atoms with Crippen LogP contribution in [-0.4, -0.2) is 7.05 Å². The van der Waals surface area contributed by atoms with Gasteiger partial charge in [-0.1, -0.05) is 6.92 Å². The number of hydrogen-bond acceptors (Lipinski definition) is 2. The van der Waals surface area contributed by atoms with Crippen LogP contribution in [0.5, 0.6) is 0 Å². The van der Waals surface area contributed by atoms with Gasteiger partial charge in [-0.15, -0.1) is 0 Å². The van der Waals surface area contributed by atoms with Crippen LogP contribution in [0.2, 0.25) is 0 Å². The van der Waals surface area contributed by atoms with Crippen molar-refractivity contribution in [2.24, 2.45) is 5.92 Å². The van der Waals surface area contributed by atoms with E-state index in [0.717, 1.165) is 18.2 Å². The van der Waals surface area contributed by atoms with Crippen LogP contribution in [0.4, 0.5) is 0 Å². The Balaban J connectivity index is 2.04. The van der Waals surface area contributed by atoms with Crippen LogP contribution in [0.15, 0.2) is 16.5 Å². The van der Waals surface area contributed by atoms with Crippen LogP contribution in [0.25, 0.3) is 0 Å². The third-order valence-corrected chi connectivity index (χ3v) is 2.51. The van der Waals surface area contributed by atoms with E-state index in [4.69, 9.17) is 4.42 Å². The van der Waals surface area contributed by atoms with Crippen molar-refractivity contribution in [2.45, 2.75) is 25.8 Å². The molecule has 0 aliphatic heterocycles. The lowest BCUT2D eigenvalue weighted by Crippen LogP contribution is -2.03. The van der Waals surface area contributed by atoms with Gasteiger partial charge in [0.1, 0.15) is 11.5 Å². The Morgan fingerprint density at radius 1 is 1.58 bits per heavy atom. The van der Waals surface area contributed by atoms with Gasteiger partial charge in [0.15, 0.2) is 0 Å². The first-order valence-electron chi connectivity index (χ1n) is 4.54. The molecule has 1 saturated carbocycles. The van der Waals surface area contributed by atoms with Gasteiger partial charge in [0, 0.05) is 5.92 Å². The third-order valence-electron chi connectivity index (χ3n) is 2.51. The third kappa shape index (κ3) is 1.39. The first-order chi connectivity index (χ1) is 5.81. The maximum atomic E-state index is 5.66. The fourth-order valence-electron chi connectivity index (χ4n) is 1.58. The molecule has 1 aromatic rings. The number of nitrogens with one attached hydrogen (secondary N) is 1. The van der Waals surface area contributed by atoms with Crippen LogP contribution in [0, 0.1) is 5.92 Å². The molecule has 0 aromatic carbocycles. The fraction of sp³-hybridized carbons (Fsp3) is 0.600. The molecule has 0 spiro atoms. The van der Waals surface area contributed by atoms with E-state index in [1.54, 1.807) is 0 Å². The first-order valence-corrected chi connectivity index (χ1v) is 4.54. The SMILES string of the molecule is CNCc1ccc([C@@H]2C[C@@H]2C)o1. The van der Waals surface area contributed by atoms with Gasteiger partial charge in [0.2, 0.25) is 0 Å². The number of furan rings is 1. The Bertz CT molecular complexity index is 267. The lowest BCUT2D eigenvalue weighted by atomic mass is 10.3. The topological polar surface area (TPSA) is 25.2 Å². The number of hydrogen-bond donors (Lipinski definition) is 1. The minimum Gasteiger partial charge on any atom is -0.464 e. The van der Waals surface area contributed by atoms with E-state index in [9.17, 15) is 0 Å². The minimum atomic E-state index is 0.704. The maximum absolute atomic E-state index is 5.66. The van der Waals surface area contributed by atoms with Crippen molar-refractivity contribution in [2.75, 3.05) is 7.05 Å². The summed E-state index contributed by atoms with van der Waals surface area (Å²) in [5.74, 6) is 3.76. The number of rotatable bonds is 3. The molecule has 2 rings (SSSR count). The van der Waals surface area contributed by atoms with Crippen molar-refractivity contribution < 1.29 is 4.42 Å². The Morgan fingerprint density at radius 2 is 2.33 bits per heavy atom. The Kier molecular flexibility index (Phi) is 1.93. The summed E-state index contributed by atoms with van der Waals surface area (Å²) >= 11 is 0. The van der Waals surface area contributed by atoms with Crippen molar-refractivity contribution >= 4 is 0 Å². The second kappa shape index (κ2) is 2.94. The molecule has 1 N–H and O–H groups in total. The zero-order valence-corrected chi connectivity index (χ0v) is 7.63. The highest BCUT2D eigenvalue weighted by molar-refractivity contribution is 5.17. The second-order valence-electron chi connectivity index (χ2n) is 3.65. The summed E-state index contributed by atoms with van der Waals surface area (Å²) in [5.41, 5.74) is 0. The molecule has 2 nitrogen and oxygen atoms in total. The molecule has 1 aliphatic carbocycles. The standard InChI is InChI=1S/C10H15NO/c1-7-5-9(7)10-4-3-8(12-10)6-11-2/h3-4,7,9,11H,5-6H2,1-2H3/t7-,9+/m0/s1. The molecule has 0 bridgehead atoms. The molecule has 2 heteroatoms. The maximum Gasteiger partial charge on any atom is 0.117 e. The monoisotopic (exact) mass is 165 g/mol. The van der Waals surface area contributed by atoms with Crippen LogP contribution >= 0.6 is 0 Å². The predicted octanol–water partition coefficient (Wildman–Crippen LogP) is 2.12. The average Bonchev–Trinajstić information content (AvgIpc) is 2.62. The highest BCUT2D eigenvalue weighted by Crippen LogP contribution is 2.47. The van der Waals surface area contributed by atoms with Gasteiger partial charge in [-0.3, -0.25) is 0 Å². The first kappa shape index (κ1) is 7.87. The van der Waals surface area contributed by atoms with Gasteiger partial charge >= 0.3 is 0 Å². The molecule has 0 unspecified atom stereocenters. The average molecular weight is 165 g/mol. The molecule has 2 atom stereocenters. The summed E-state index contributed by atoms with van der Waals surface area (Å²) < 4.78 is 5.66. The van der Waals surface area contributed by atoms with Crippen molar-refractivity contribution in [3.8, 4) is 0 Å². The van der Waals surface area contributed by atoms with E-state index in [2.05, 4.69) is 24.4 Å². The van der Waals surface area contributed by atoms with Gasteiger partial charge in [0.25, 0.3) is 0 Å². The molecule has 0 radical (unpaired) electrons. The molecule has 0 saturated heterocycles. The lowest BCUT2D eigenvalue weighted by Gasteiger charge is -1.93. The van der Waals surface area contributed by atoms with Crippen LogP contribution in [0.3, 0.4) is 0 Å². The van der Waals surface area contributed by atoms with Crippen LogP contribution in [-0.2, 0) is 6.54 Å². The van der Waals surface area contributed by atoms with E-state index in [1.165, 1.54) is 12.2 Å². The van der Waals surface area contributed by atoms with Crippen molar-refractivity contribution in [3.63, 3.8) is 0 Å². The van der Waals surface area contributed by atoms with Gasteiger partial charge in [-0.25, -0.2) is 0 Å². The summed E-state index contributed by atoms with van der Waals surface area (Å²) in [7, 11) is 1.93. The Morgan fingerprint density at radius 3 is 2.92 bits per heavy atom. The molecular weight excluding hydrogens is 150 g/mol. The lowest BCUT2D eigenvalue weighted by molar-refractivity contribution is 0.452. The molecule has 1 aromatic heterocycles. The van der Waals surface area contributed by atoms with Gasteiger partial charge in [-0.05, 0) is 31.5 Å². The molecule has 1 fully saturated rings. The summed E-state index contributed by atoms with van der Waals surface area (Å²) in [5, 5.41) is 3.07. The van der Waals surface area contributed by atoms with E-state index in [1.807, 2.05) is 7.05 Å². The smallest absolute Gasteiger partial charge is 0.117 e. The Labute approximate surface area is 73.0 Å². The largest absolute Gasteiger partial charge is 0.464 e. The van der Waals surface area contributed by atoms with Crippen molar-refractivity contribution in [1.82, 2.24) is 5.32 Å². The van der Waals surface area contributed by atoms with E-state index >= 15 is 0 Å². The van der Waals surface area contributed by atoms with Crippen molar-refractivity contribution in [1.29, 1.82) is 0 Å². The summed E-state index contributed by atoms with van der Waals surface area (Å²) in [6, 6.07) is 4.18. The van der Waals surface area contributed by atoms with E-state index < -0.39 is 0 Å². The van der Waals surface area contributed by atoms with E-state index in [0.29, 0.717) is 5.92 Å². The van der Waals surface area contributed by atoms with Crippen molar-refractivity contribution in [3.05, 3.63) is 23.7 Å². The fourth-order valence-corrected chi connectivity index (χ4v) is 1.58. The quantitative estimate of drug-likeness (QED) is 0.742. The van der Waals surface area contributed by atoms with E-state index in [-0.39, 0.29) is 0 Å². The van der Waals surface area contributed by atoms with Crippen LogP contribution < -0.4 is 5.32 Å². The van der Waals surface area contributed by atoms with Gasteiger partial charge in [0.05, 0.1) is 6.54 Å². The normalized spacial score (nSPS) is 27.5. The van der Waals surface area contributed by atoms with Gasteiger partial charge < -0.3 is 9.73 Å². The molecule has 0 amide bonds. The summed E-state index contributed by atoms with van der Waals surface area (Å²) in [6.45, 7) is 3.10. The summed E-state index contributed by atoms with van der Waals surface area (Å²) in [6.07, 6.45) is 1.30. The Hall–Kier alpha value is -0.760. The molecular formula is C10H15NO. The zero-order valence-electron chi connectivity index (χ0n) is 7.63.